The lowest BCUT2D eigenvalue weighted by molar-refractivity contribution is 0.0988. The molecule has 1 heterocycles. The largest absolute Gasteiger partial charge is 0.353 e. The van der Waals surface area contributed by atoms with Crippen molar-refractivity contribution in [3.05, 3.63) is 24.0 Å². The van der Waals surface area contributed by atoms with Crippen LogP contribution in [0.2, 0.25) is 0 Å². The monoisotopic (exact) mass is 211 g/mol. The summed E-state index contributed by atoms with van der Waals surface area (Å²) in [6.07, 6.45) is 4.52. The van der Waals surface area contributed by atoms with E-state index in [0.29, 0.717) is 6.42 Å². The van der Waals surface area contributed by atoms with E-state index < -0.39 is 0 Å². The van der Waals surface area contributed by atoms with Gasteiger partial charge in [0, 0.05) is 36.7 Å². The molecule has 0 saturated heterocycles. The molecular weight excluding hydrogens is 194 g/mol. The van der Waals surface area contributed by atoms with E-state index in [9.17, 15) is 4.79 Å². The first-order valence-electron chi connectivity index (χ1n) is 5.04. The Labute approximate surface area is 89.7 Å². The maximum atomic E-state index is 11.3. The third-order valence-electron chi connectivity index (χ3n) is 2.09. The van der Waals surface area contributed by atoms with E-state index in [-0.39, 0.29) is 5.78 Å². The number of aryl methyl sites for hydroxylation is 1. The number of thioether (sulfide) groups is 1. The van der Waals surface area contributed by atoms with Crippen molar-refractivity contribution in [3.63, 3.8) is 0 Å². The Kier molecular flexibility index (Phi) is 4.80. The molecule has 0 spiro atoms. The molecule has 0 atom stereocenters. The van der Waals surface area contributed by atoms with Gasteiger partial charge < -0.3 is 4.57 Å². The van der Waals surface area contributed by atoms with Crippen LogP contribution in [0.25, 0.3) is 0 Å². The lowest BCUT2D eigenvalue weighted by Crippen LogP contribution is -1.98. The predicted molar refractivity (Wildman–Crippen MR) is 62.1 cm³/mol. The summed E-state index contributed by atoms with van der Waals surface area (Å²) in [5.74, 6) is 2.50. The fourth-order valence-corrected chi connectivity index (χ4v) is 1.89. The van der Waals surface area contributed by atoms with E-state index in [1.807, 2.05) is 37.1 Å². The summed E-state index contributed by atoms with van der Waals surface area (Å²) in [5, 5.41) is 0. The average molecular weight is 211 g/mol. The number of ketones is 1. The van der Waals surface area contributed by atoms with Crippen LogP contribution in [0.15, 0.2) is 18.5 Å². The molecule has 0 aliphatic heterocycles. The summed E-state index contributed by atoms with van der Waals surface area (Å²) >= 11 is 1.92. The third kappa shape index (κ3) is 3.22. The lowest BCUT2D eigenvalue weighted by atomic mass is 10.2. The number of hydrogen-bond acceptors (Lipinski definition) is 2. The minimum absolute atomic E-state index is 0.229. The highest BCUT2D eigenvalue weighted by Crippen LogP contribution is 2.06. The summed E-state index contributed by atoms with van der Waals surface area (Å²) in [6.45, 7) is 5.05. The first-order chi connectivity index (χ1) is 6.77. The van der Waals surface area contributed by atoms with Crippen LogP contribution < -0.4 is 0 Å². The number of carbonyl (C=O) groups is 1. The minimum atomic E-state index is 0.229. The van der Waals surface area contributed by atoms with Crippen LogP contribution in [0.5, 0.6) is 0 Å². The molecule has 1 aromatic rings. The first kappa shape index (κ1) is 11.4. The van der Waals surface area contributed by atoms with Gasteiger partial charge in [0.25, 0.3) is 0 Å². The number of rotatable bonds is 6. The zero-order valence-electron chi connectivity index (χ0n) is 8.82. The van der Waals surface area contributed by atoms with Crippen molar-refractivity contribution in [3.8, 4) is 0 Å². The molecule has 1 rings (SSSR count). The number of aromatic nitrogens is 1. The Hall–Kier alpha value is -0.700. The van der Waals surface area contributed by atoms with Gasteiger partial charge in [-0.15, -0.1) is 0 Å². The van der Waals surface area contributed by atoms with Gasteiger partial charge in [-0.1, -0.05) is 13.8 Å². The van der Waals surface area contributed by atoms with Gasteiger partial charge >= 0.3 is 0 Å². The van der Waals surface area contributed by atoms with Crippen molar-refractivity contribution in [1.29, 1.82) is 0 Å². The Bertz CT molecular complexity index is 293. The Morgan fingerprint density at radius 1 is 1.50 bits per heavy atom. The smallest absolute Gasteiger partial charge is 0.164 e. The van der Waals surface area contributed by atoms with Crippen molar-refractivity contribution < 1.29 is 4.79 Å². The zero-order chi connectivity index (χ0) is 10.4. The molecule has 0 aliphatic rings. The van der Waals surface area contributed by atoms with Gasteiger partial charge in [-0.2, -0.15) is 11.8 Å². The second kappa shape index (κ2) is 5.91. The molecule has 1 aromatic heterocycles. The molecule has 14 heavy (non-hydrogen) atoms. The first-order valence-corrected chi connectivity index (χ1v) is 6.20. The van der Waals surface area contributed by atoms with Gasteiger partial charge in [-0.05, 0) is 11.8 Å². The second-order valence-electron chi connectivity index (χ2n) is 3.11. The zero-order valence-corrected chi connectivity index (χ0v) is 9.64. The van der Waals surface area contributed by atoms with Crippen LogP contribution in [0.3, 0.4) is 0 Å². The molecule has 0 N–H and O–H groups in total. The Morgan fingerprint density at radius 3 is 2.93 bits per heavy atom. The standard InChI is InChI=1S/C11H17NOS/c1-3-11(13)10-5-6-12(9-10)7-8-14-4-2/h5-6,9H,3-4,7-8H2,1-2H3. The van der Waals surface area contributed by atoms with Gasteiger partial charge in [0.05, 0.1) is 0 Å². The van der Waals surface area contributed by atoms with Crippen LogP contribution in [-0.2, 0) is 6.54 Å². The number of Topliss-reactive ketones (excluding diaryl/α,β-unsaturated/α-hetero) is 1. The molecule has 0 unspecified atom stereocenters. The van der Waals surface area contributed by atoms with Crippen molar-refractivity contribution in [2.75, 3.05) is 11.5 Å². The van der Waals surface area contributed by atoms with Crippen LogP contribution in [-0.4, -0.2) is 21.9 Å². The summed E-state index contributed by atoms with van der Waals surface area (Å²) < 4.78 is 2.09. The van der Waals surface area contributed by atoms with Gasteiger partial charge in [-0.25, -0.2) is 0 Å². The molecule has 2 nitrogen and oxygen atoms in total. The highest BCUT2D eigenvalue weighted by molar-refractivity contribution is 7.99. The van der Waals surface area contributed by atoms with Gasteiger partial charge in [0.2, 0.25) is 0 Å². The van der Waals surface area contributed by atoms with Crippen molar-refractivity contribution in [1.82, 2.24) is 4.57 Å². The van der Waals surface area contributed by atoms with E-state index in [2.05, 4.69) is 11.5 Å². The topological polar surface area (TPSA) is 22.0 Å². The molecule has 0 aromatic carbocycles. The molecule has 0 aliphatic carbocycles. The van der Waals surface area contributed by atoms with Gasteiger partial charge in [0.15, 0.2) is 5.78 Å². The molecule has 0 saturated carbocycles. The lowest BCUT2D eigenvalue weighted by Gasteiger charge is -2.00. The summed E-state index contributed by atoms with van der Waals surface area (Å²) in [4.78, 5) is 11.3. The maximum Gasteiger partial charge on any atom is 0.164 e. The molecular formula is C11H17NOS. The Balaban J connectivity index is 2.46. The van der Waals surface area contributed by atoms with Crippen LogP contribution in [0.1, 0.15) is 30.6 Å². The van der Waals surface area contributed by atoms with E-state index >= 15 is 0 Å². The highest BCUT2D eigenvalue weighted by atomic mass is 32.2. The van der Waals surface area contributed by atoms with Crippen molar-refractivity contribution in [2.24, 2.45) is 0 Å². The normalized spacial score (nSPS) is 10.4. The highest BCUT2D eigenvalue weighted by Gasteiger charge is 2.03. The van der Waals surface area contributed by atoms with Crippen molar-refractivity contribution >= 4 is 17.5 Å². The van der Waals surface area contributed by atoms with Crippen LogP contribution >= 0.6 is 11.8 Å². The third-order valence-corrected chi connectivity index (χ3v) is 2.97. The van der Waals surface area contributed by atoms with Gasteiger partial charge in [0.1, 0.15) is 0 Å². The predicted octanol–water partition coefficient (Wildman–Crippen LogP) is 2.83. The molecule has 0 amide bonds. The summed E-state index contributed by atoms with van der Waals surface area (Å²) in [6, 6.07) is 1.91. The minimum Gasteiger partial charge on any atom is -0.353 e. The quantitative estimate of drug-likeness (QED) is 0.533. The Morgan fingerprint density at radius 2 is 2.29 bits per heavy atom. The second-order valence-corrected chi connectivity index (χ2v) is 4.51. The van der Waals surface area contributed by atoms with E-state index in [1.165, 1.54) is 0 Å². The molecule has 0 bridgehead atoms. The van der Waals surface area contributed by atoms with E-state index in [4.69, 9.17) is 0 Å². The number of nitrogens with zero attached hydrogens (tertiary/aromatic N) is 1. The van der Waals surface area contributed by atoms with E-state index in [0.717, 1.165) is 23.6 Å². The van der Waals surface area contributed by atoms with Crippen LogP contribution in [0.4, 0.5) is 0 Å². The number of hydrogen-bond donors (Lipinski definition) is 0. The summed E-state index contributed by atoms with van der Waals surface area (Å²) in [7, 11) is 0. The summed E-state index contributed by atoms with van der Waals surface area (Å²) in [5.41, 5.74) is 0.842. The maximum absolute atomic E-state index is 11.3. The fraction of sp³-hybridized carbons (Fsp3) is 0.545. The SMILES string of the molecule is CCSCCn1ccc(C(=O)CC)c1. The average Bonchev–Trinajstić information content (AvgIpc) is 2.66. The number of carbonyl (C=O) groups excluding carboxylic acids is 1. The van der Waals surface area contributed by atoms with E-state index in [1.54, 1.807) is 0 Å². The fourth-order valence-electron chi connectivity index (χ4n) is 1.26. The van der Waals surface area contributed by atoms with Crippen LogP contribution in [0, 0.1) is 0 Å². The van der Waals surface area contributed by atoms with Gasteiger partial charge in [-0.3, -0.25) is 4.79 Å². The molecule has 0 radical (unpaired) electrons. The molecule has 78 valence electrons. The molecule has 3 heteroatoms. The van der Waals surface area contributed by atoms with Crippen molar-refractivity contribution in [2.45, 2.75) is 26.8 Å². The molecule has 0 fully saturated rings.